The molecule has 3 rings (SSSR count). The van der Waals surface area contributed by atoms with E-state index in [0.717, 1.165) is 12.1 Å². The molecule has 108 valence electrons. The van der Waals surface area contributed by atoms with Crippen LogP contribution in [0.1, 0.15) is 25.1 Å². The molecule has 6 heteroatoms. The molecule has 0 saturated heterocycles. The number of fused-ring (bicyclic) bond motifs is 1. The zero-order valence-electron chi connectivity index (χ0n) is 12.1. The van der Waals surface area contributed by atoms with E-state index in [0.29, 0.717) is 19.0 Å². The quantitative estimate of drug-likeness (QED) is 0.791. The first-order valence-corrected chi connectivity index (χ1v) is 7.01. The summed E-state index contributed by atoms with van der Waals surface area (Å²) >= 11 is 0. The highest BCUT2D eigenvalue weighted by Crippen LogP contribution is 2.40. The number of hydrogen-bond donors (Lipinski definition) is 0. The van der Waals surface area contributed by atoms with Crippen molar-refractivity contribution in [2.45, 2.75) is 25.9 Å². The molecule has 2 amide bonds. The number of likely N-dealkylation sites (N-methyl/N-ethyl adjacent to an activating group) is 1. The number of rotatable bonds is 2. The van der Waals surface area contributed by atoms with Gasteiger partial charge in [-0.2, -0.15) is 5.10 Å². The molecule has 6 nitrogen and oxygen atoms in total. The molecule has 1 fully saturated rings. The smallest absolute Gasteiger partial charge is 0.248 e. The Bertz CT molecular complexity index is 551. The lowest BCUT2D eigenvalue weighted by atomic mass is 10.1. The lowest BCUT2D eigenvalue weighted by Crippen LogP contribution is -2.47. The van der Waals surface area contributed by atoms with Crippen molar-refractivity contribution >= 4 is 11.8 Å². The zero-order chi connectivity index (χ0) is 14.4. The van der Waals surface area contributed by atoms with Crippen molar-refractivity contribution in [1.82, 2.24) is 19.6 Å². The molecule has 0 N–H and O–H groups in total. The summed E-state index contributed by atoms with van der Waals surface area (Å²) in [4.78, 5) is 28.1. The summed E-state index contributed by atoms with van der Waals surface area (Å²) in [7, 11) is 3.46. The molecular formula is C14H20N4O2. The number of carbonyl (C=O) groups excluding carboxylic acids is 2. The Kier molecular flexibility index (Phi) is 3.03. The molecule has 2 heterocycles. The van der Waals surface area contributed by atoms with Crippen LogP contribution in [0.15, 0.2) is 12.3 Å². The molecule has 1 aromatic heterocycles. The van der Waals surface area contributed by atoms with Gasteiger partial charge in [0.2, 0.25) is 11.8 Å². The van der Waals surface area contributed by atoms with Crippen LogP contribution in [0.4, 0.5) is 0 Å². The Morgan fingerprint density at radius 1 is 1.40 bits per heavy atom. The average molecular weight is 276 g/mol. The van der Waals surface area contributed by atoms with Gasteiger partial charge in [-0.05, 0) is 18.4 Å². The van der Waals surface area contributed by atoms with Crippen molar-refractivity contribution in [3.05, 3.63) is 18.0 Å². The molecule has 1 saturated carbocycles. The number of carbonyl (C=O) groups is 2. The third kappa shape index (κ3) is 2.09. The minimum absolute atomic E-state index is 0.0173. The van der Waals surface area contributed by atoms with Crippen molar-refractivity contribution < 1.29 is 9.59 Å². The third-order valence-electron chi connectivity index (χ3n) is 4.26. The number of hydrogen-bond acceptors (Lipinski definition) is 3. The van der Waals surface area contributed by atoms with Gasteiger partial charge in [-0.1, -0.05) is 6.92 Å². The van der Waals surface area contributed by atoms with Crippen LogP contribution in [0.25, 0.3) is 0 Å². The second kappa shape index (κ2) is 4.61. The first-order chi connectivity index (χ1) is 9.49. The van der Waals surface area contributed by atoms with Gasteiger partial charge in [0, 0.05) is 26.2 Å². The van der Waals surface area contributed by atoms with E-state index in [1.807, 2.05) is 11.0 Å². The summed E-state index contributed by atoms with van der Waals surface area (Å²) < 4.78 is 1.75. The zero-order valence-corrected chi connectivity index (χ0v) is 12.1. The van der Waals surface area contributed by atoms with Crippen molar-refractivity contribution in [1.29, 1.82) is 0 Å². The highest BCUT2D eigenvalue weighted by Gasteiger charge is 2.44. The number of aromatic nitrogens is 2. The maximum Gasteiger partial charge on any atom is 0.248 e. The minimum Gasteiger partial charge on any atom is -0.347 e. The summed E-state index contributed by atoms with van der Waals surface area (Å²) in [5.41, 5.74) is 0.929. The Morgan fingerprint density at radius 3 is 2.70 bits per heavy atom. The molecule has 0 spiro atoms. The van der Waals surface area contributed by atoms with E-state index < -0.39 is 6.04 Å². The van der Waals surface area contributed by atoms with Crippen LogP contribution >= 0.6 is 0 Å². The summed E-state index contributed by atoms with van der Waals surface area (Å²) in [6, 6.07) is 1.48. The van der Waals surface area contributed by atoms with E-state index >= 15 is 0 Å². The van der Waals surface area contributed by atoms with E-state index in [1.165, 1.54) is 0 Å². The van der Waals surface area contributed by atoms with E-state index in [9.17, 15) is 9.59 Å². The van der Waals surface area contributed by atoms with E-state index in [2.05, 4.69) is 12.0 Å². The van der Waals surface area contributed by atoms with Gasteiger partial charge in [-0.25, -0.2) is 0 Å². The van der Waals surface area contributed by atoms with Gasteiger partial charge in [0.1, 0.15) is 6.04 Å². The van der Waals surface area contributed by atoms with Gasteiger partial charge in [0.15, 0.2) is 0 Å². The van der Waals surface area contributed by atoms with Crippen LogP contribution < -0.4 is 0 Å². The summed E-state index contributed by atoms with van der Waals surface area (Å²) in [6.07, 6.45) is 2.67. The molecule has 2 aliphatic rings. The minimum atomic E-state index is -0.401. The lowest BCUT2D eigenvalue weighted by molar-refractivity contribution is -0.139. The van der Waals surface area contributed by atoms with Gasteiger partial charge in [-0.3, -0.25) is 14.3 Å². The summed E-state index contributed by atoms with van der Waals surface area (Å²) in [5, 5.41) is 4.24. The molecule has 1 aromatic rings. The summed E-state index contributed by atoms with van der Waals surface area (Å²) in [6.45, 7) is 3.08. The predicted molar refractivity (Wildman–Crippen MR) is 72.6 cm³/mol. The van der Waals surface area contributed by atoms with Crippen LogP contribution in [-0.2, 0) is 16.1 Å². The van der Waals surface area contributed by atoms with Gasteiger partial charge in [0.25, 0.3) is 0 Å². The van der Waals surface area contributed by atoms with Gasteiger partial charge < -0.3 is 9.80 Å². The largest absolute Gasteiger partial charge is 0.347 e. The molecule has 1 aliphatic carbocycles. The molecule has 1 aliphatic heterocycles. The molecule has 0 aromatic carbocycles. The molecule has 3 atom stereocenters. The van der Waals surface area contributed by atoms with Gasteiger partial charge in [-0.15, -0.1) is 0 Å². The average Bonchev–Trinajstić information content (AvgIpc) is 2.96. The molecule has 0 unspecified atom stereocenters. The van der Waals surface area contributed by atoms with Crippen LogP contribution in [-0.4, -0.2) is 52.0 Å². The molecule has 0 bridgehead atoms. The predicted octanol–water partition coefficient (Wildman–Crippen LogP) is 0.511. The maximum absolute atomic E-state index is 12.4. The van der Waals surface area contributed by atoms with E-state index in [1.54, 1.807) is 29.9 Å². The molecule has 20 heavy (non-hydrogen) atoms. The van der Waals surface area contributed by atoms with Crippen molar-refractivity contribution in [2.75, 3.05) is 20.6 Å². The standard InChI is InChI=1S/C14H20N4O2/c1-9-6-11(9)13(19)17-7-10-4-5-15-18(10)12(8-17)14(20)16(2)3/h4-5,9,11-12H,6-8H2,1-3H3/t9-,11+,12+/m1/s1. The van der Waals surface area contributed by atoms with Crippen LogP contribution in [0, 0.1) is 11.8 Å². The fourth-order valence-electron chi connectivity index (χ4n) is 2.84. The van der Waals surface area contributed by atoms with Gasteiger partial charge in [0.05, 0.1) is 18.8 Å². The Balaban J connectivity index is 1.85. The van der Waals surface area contributed by atoms with Crippen molar-refractivity contribution in [3.8, 4) is 0 Å². The first kappa shape index (κ1) is 13.1. The monoisotopic (exact) mass is 276 g/mol. The van der Waals surface area contributed by atoms with Gasteiger partial charge >= 0.3 is 0 Å². The van der Waals surface area contributed by atoms with Crippen molar-refractivity contribution in [3.63, 3.8) is 0 Å². The third-order valence-corrected chi connectivity index (χ3v) is 4.26. The van der Waals surface area contributed by atoms with Crippen LogP contribution in [0.5, 0.6) is 0 Å². The second-order valence-electron chi connectivity index (χ2n) is 6.05. The highest BCUT2D eigenvalue weighted by atomic mass is 16.2. The van der Waals surface area contributed by atoms with Crippen molar-refractivity contribution in [2.24, 2.45) is 11.8 Å². The molecule has 0 radical (unpaired) electrons. The molecular weight excluding hydrogens is 256 g/mol. The van der Waals surface area contributed by atoms with Crippen LogP contribution in [0.2, 0.25) is 0 Å². The SMILES string of the molecule is C[C@@H]1C[C@@H]1C(=O)N1Cc2ccnn2[C@H](C(=O)N(C)C)C1. The first-order valence-electron chi connectivity index (χ1n) is 7.01. The Hall–Kier alpha value is -1.85. The topological polar surface area (TPSA) is 58.4 Å². The number of nitrogens with zero attached hydrogens (tertiary/aromatic N) is 4. The van der Waals surface area contributed by atoms with E-state index in [4.69, 9.17) is 0 Å². The highest BCUT2D eigenvalue weighted by molar-refractivity contribution is 5.84. The fourth-order valence-corrected chi connectivity index (χ4v) is 2.84. The fraction of sp³-hybridized carbons (Fsp3) is 0.643. The Morgan fingerprint density at radius 2 is 2.10 bits per heavy atom. The number of amides is 2. The maximum atomic E-state index is 12.4. The van der Waals surface area contributed by atoms with E-state index in [-0.39, 0.29) is 17.7 Å². The second-order valence-corrected chi connectivity index (χ2v) is 6.05. The summed E-state index contributed by atoms with van der Waals surface area (Å²) in [5.74, 6) is 0.801. The van der Waals surface area contributed by atoms with Crippen LogP contribution in [0.3, 0.4) is 0 Å². The lowest BCUT2D eigenvalue weighted by Gasteiger charge is -2.34. The Labute approximate surface area is 118 Å². The normalized spacial score (nSPS) is 27.9.